The maximum Gasteiger partial charge on any atom is 0.234 e. The molecule has 3 atom stereocenters. The molecule has 1 aliphatic heterocycles. The highest BCUT2D eigenvalue weighted by Gasteiger charge is 2.24. The maximum absolute atomic E-state index is 12.0. The Morgan fingerprint density at radius 1 is 1.42 bits per heavy atom. The van der Waals surface area contributed by atoms with E-state index in [-0.39, 0.29) is 5.91 Å². The maximum atomic E-state index is 12.0. The van der Waals surface area contributed by atoms with Crippen LogP contribution in [0.3, 0.4) is 0 Å². The van der Waals surface area contributed by atoms with E-state index >= 15 is 0 Å². The predicted molar refractivity (Wildman–Crippen MR) is 80.2 cm³/mol. The third-order valence-electron chi connectivity index (χ3n) is 3.89. The third kappa shape index (κ3) is 6.39. The molecule has 0 saturated carbocycles. The highest BCUT2D eigenvalue weighted by atomic mass is 16.2. The molecule has 19 heavy (non-hydrogen) atoms. The largest absolute Gasteiger partial charge is 0.353 e. The number of rotatable bonds is 7. The van der Waals surface area contributed by atoms with Gasteiger partial charge in [0.15, 0.2) is 0 Å². The van der Waals surface area contributed by atoms with Crippen LogP contribution in [0.2, 0.25) is 0 Å². The minimum Gasteiger partial charge on any atom is -0.353 e. The van der Waals surface area contributed by atoms with Gasteiger partial charge in [0.05, 0.1) is 6.54 Å². The van der Waals surface area contributed by atoms with Crippen LogP contribution >= 0.6 is 0 Å². The minimum atomic E-state index is 0.171. The Hall–Kier alpha value is -0.610. The first kappa shape index (κ1) is 16.4. The molecule has 0 aromatic carbocycles. The van der Waals surface area contributed by atoms with Crippen molar-refractivity contribution in [2.45, 2.75) is 71.5 Å². The summed E-state index contributed by atoms with van der Waals surface area (Å²) in [7, 11) is 0. The van der Waals surface area contributed by atoms with Crippen LogP contribution in [0.4, 0.5) is 0 Å². The standard InChI is InChI=1S/C15H31N3O/c1-5-6-7-8-12(2)17-15(19)11-18-10-13(3)16-9-14(18)4/h12-14,16H,5-11H2,1-4H3,(H,17,19). The Kier molecular flexibility index (Phi) is 7.39. The van der Waals surface area contributed by atoms with Crippen LogP contribution in [-0.4, -0.2) is 48.6 Å². The molecule has 112 valence electrons. The molecular formula is C15H31N3O. The SMILES string of the molecule is CCCCCC(C)NC(=O)CN1CC(C)NCC1C. The first-order chi connectivity index (χ1) is 9.02. The molecule has 4 heteroatoms. The number of nitrogens with one attached hydrogen (secondary N) is 2. The van der Waals surface area contributed by atoms with Gasteiger partial charge in [-0.15, -0.1) is 0 Å². The summed E-state index contributed by atoms with van der Waals surface area (Å²) in [5.74, 6) is 0.171. The zero-order chi connectivity index (χ0) is 14.3. The molecule has 1 heterocycles. The van der Waals surface area contributed by atoms with E-state index in [1.807, 2.05) is 0 Å². The lowest BCUT2D eigenvalue weighted by Gasteiger charge is -2.37. The van der Waals surface area contributed by atoms with Crippen molar-refractivity contribution in [3.8, 4) is 0 Å². The minimum absolute atomic E-state index is 0.171. The second-order valence-electron chi connectivity index (χ2n) is 6.05. The van der Waals surface area contributed by atoms with Crippen molar-refractivity contribution in [3.63, 3.8) is 0 Å². The first-order valence-electron chi connectivity index (χ1n) is 7.79. The second-order valence-corrected chi connectivity index (χ2v) is 6.05. The van der Waals surface area contributed by atoms with Gasteiger partial charge in [0.25, 0.3) is 0 Å². The van der Waals surface area contributed by atoms with Crippen molar-refractivity contribution < 1.29 is 4.79 Å². The lowest BCUT2D eigenvalue weighted by atomic mass is 10.1. The van der Waals surface area contributed by atoms with Gasteiger partial charge in [-0.3, -0.25) is 9.69 Å². The van der Waals surface area contributed by atoms with Crippen LogP contribution in [-0.2, 0) is 4.79 Å². The fraction of sp³-hybridized carbons (Fsp3) is 0.933. The number of hydrogen-bond acceptors (Lipinski definition) is 3. The van der Waals surface area contributed by atoms with Crippen molar-refractivity contribution in [3.05, 3.63) is 0 Å². The Labute approximate surface area is 118 Å². The highest BCUT2D eigenvalue weighted by Crippen LogP contribution is 2.06. The Bertz CT molecular complexity index is 270. The summed E-state index contributed by atoms with van der Waals surface area (Å²) in [6, 6.07) is 1.22. The highest BCUT2D eigenvalue weighted by molar-refractivity contribution is 5.78. The summed E-state index contributed by atoms with van der Waals surface area (Å²) >= 11 is 0. The predicted octanol–water partition coefficient (Wildman–Crippen LogP) is 1.75. The number of carbonyl (C=O) groups is 1. The van der Waals surface area contributed by atoms with Crippen LogP contribution in [0, 0.1) is 0 Å². The number of carbonyl (C=O) groups excluding carboxylic acids is 1. The van der Waals surface area contributed by atoms with Crippen LogP contribution in [0.25, 0.3) is 0 Å². The molecule has 0 aromatic rings. The fourth-order valence-corrected chi connectivity index (χ4v) is 2.60. The molecule has 0 radical (unpaired) electrons. The molecular weight excluding hydrogens is 238 g/mol. The van der Waals surface area contributed by atoms with E-state index in [1.54, 1.807) is 0 Å². The Morgan fingerprint density at radius 2 is 2.16 bits per heavy atom. The quantitative estimate of drug-likeness (QED) is 0.692. The fourth-order valence-electron chi connectivity index (χ4n) is 2.60. The normalized spacial score (nSPS) is 26.1. The van der Waals surface area contributed by atoms with E-state index in [0.717, 1.165) is 19.5 Å². The molecule has 4 nitrogen and oxygen atoms in total. The summed E-state index contributed by atoms with van der Waals surface area (Å²) in [6.07, 6.45) is 4.79. The molecule has 0 aromatic heterocycles. The molecule has 1 aliphatic rings. The summed E-state index contributed by atoms with van der Waals surface area (Å²) in [5.41, 5.74) is 0. The van der Waals surface area contributed by atoms with E-state index in [0.29, 0.717) is 24.7 Å². The average Bonchev–Trinajstić information content (AvgIpc) is 2.34. The molecule has 0 spiro atoms. The molecule has 1 saturated heterocycles. The lowest BCUT2D eigenvalue weighted by Crippen LogP contribution is -2.56. The monoisotopic (exact) mass is 269 g/mol. The summed E-state index contributed by atoms with van der Waals surface area (Å²) in [4.78, 5) is 14.3. The van der Waals surface area contributed by atoms with Crippen LogP contribution in [0.15, 0.2) is 0 Å². The molecule has 1 fully saturated rings. The zero-order valence-electron chi connectivity index (χ0n) is 13.0. The Balaban J connectivity index is 2.25. The molecule has 1 rings (SSSR count). The van der Waals surface area contributed by atoms with Crippen molar-refractivity contribution in [1.82, 2.24) is 15.5 Å². The lowest BCUT2D eigenvalue weighted by molar-refractivity contribution is -0.123. The van der Waals surface area contributed by atoms with Gasteiger partial charge in [-0.2, -0.15) is 0 Å². The average molecular weight is 269 g/mol. The van der Waals surface area contributed by atoms with E-state index in [4.69, 9.17) is 0 Å². The Morgan fingerprint density at radius 3 is 2.84 bits per heavy atom. The van der Waals surface area contributed by atoms with Gasteiger partial charge in [-0.25, -0.2) is 0 Å². The van der Waals surface area contributed by atoms with Crippen molar-refractivity contribution in [2.75, 3.05) is 19.6 Å². The topological polar surface area (TPSA) is 44.4 Å². The van der Waals surface area contributed by atoms with Crippen LogP contribution < -0.4 is 10.6 Å². The van der Waals surface area contributed by atoms with E-state index in [2.05, 4.69) is 43.2 Å². The van der Waals surface area contributed by atoms with Gasteiger partial charge in [-0.05, 0) is 27.2 Å². The summed E-state index contributed by atoms with van der Waals surface area (Å²) in [6.45, 7) is 11.1. The number of amides is 1. The van der Waals surface area contributed by atoms with Gasteiger partial charge in [-0.1, -0.05) is 26.2 Å². The van der Waals surface area contributed by atoms with Crippen molar-refractivity contribution in [1.29, 1.82) is 0 Å². The first-order valence-corrected chi connectivity index (χ1v) is 7.79. The van der Waals surface area contributed by atoms with Crippen LogP contribution in [0.5, 0.6) is 0 Å². The molecule has 2 N–H and O–H groups in total. The van der Waals surface area contributed by atoms with Gasteiger partial charge >= 0.3 is 0 Å². The molecule has 1 amide bonds. The van der Waals surface area contributed by atoms with Crippen molar-refractivity contribution in [2.24, 2.45) is 0 Å². The van der Waals surface area contributed by atoms with Gasteiger partial charge in [0.1, 0.15) is 0 Å². The number of nitrogens with zero attached hydrogens (tertiary/aromatic N) is 1. The second kappa shape index (κ2) is 8.54. The molecule has 0 bridgehead atoms. The van der Waals surface area contributed by atoms with E-state index in [1.165, 1.54) is 19.3 Å². The zero-order valence-corrected chi connectivity index (χ0v) is 13.0. The molecule has 3 unspecified atom stereocenters. The summed E-state index contributed by atoms with van der Waals surface area (Å²) in [5, 5.41) is 6.56. The number of piperazine rings is 1. The third-order valence-corrected chi connectivity index (χ3v) is 3.89. The van der Waals surface area contributed by atoms with E-state index < -0.39 is 0 Å². The van der Waals surface area contributed by atoms with Crippen LogP contribution in [0.1, 0.15) is 53.4 Å². The molecule has 0 aliphatic carbocycles. The number of hydrogen-bond donors (Lipinski definition) is 2. The summed E-state index contributed by atoms with van der Waals surface area (Å²) < 4.78 is 0. The van der Waals surface area contributed by atoms with Gasteiger partial charge in [0.2, 0.25) is 5.91 Å². The van der Waals surface area contributed by atoms with Crippen molar-refractivity contribution >= 4 is 5.91 Å². The van der Waals surface area contributed by atoms with Gasteiger partial charge in [0, 0.05) is 31.2 Å². The van der Waals surface area contributed by atoms with E-state index in [9.17, 15) is 4.79 Å². The number of unbranched alkanes of at least 4 members (excludes halogenated alkanes) is 2. The smallest absolute Gasteiger partial charge is 0.234 e. The van der Waals surface area contributed by atoms with Gasteiger partial charge < -0.3 is 10.6 Å².